The molecule has 0 aromatic heterocycles. The number of ketones is 2. The molecule has 1 aromatic rings. The maximum atomic E-state index is 14.5. The summed E-state index contributed by atoms with van der Waals surface area (Å²) in [4.78, 5) is 58.5. The minimum Gasteiger partial charge on any atom is -0.461 e. The molecule has 1 amide bonds. The number of nitrogens with one attached hydrogen (secondary N) is 1. The Morgan fingerprint density at radius 2 is 1.60 bits per heavy atom. The topological polar surface area (TPSA) is 181 Å². The van der Waals surface area contributed by atoms with Gasteiger partial charge in [-0.2, -0.15) is 0 Å². The van der Waals surface area contributed by atoms with Gasteiger partial charge in [0.15, 0.2) is 5.78 Å². The predicted molar refractivity (Wildman–Crippen MR) is 273 cm³/mol. The molecule has 4 N–H and O–H groups in total. The van der Waals surface area contributed by atoms with Crippen LogP contribution in [0.5, 0.6) is 0 Å². The fourth-order valence-electron chi connectivity index (χ4n) is 11.2. The monoisotopic (exact) mass is 975 g/mol. The Kier molecular flexibility index (Phi) is 21.7. The van der Waals surface area contributed by atoms with Crippen LogP contribution in [0.2, 0.25) is 0 Å². The van der Waals surface area contributed by atoms with Gasteiger partial charge in [-0.15, -0.1) is 0 Å². The first-order valence-corrected chi connectivity index (χ1v) is 26.2. The Balaban J connectivity index is 1.48. The Hall–Kier alpha value is -3.98. The molecular formula is C57H86N2O11. The number of cyclic esters (lactones) is 1. The number of esters is 1. The number of piperidine rings is 1. The molecule has 390 valence electrons. The second-order valence-corrected chi connectivity index (χ2v) is 21.5. The molecule has 1 saturated carbocycles. The van der Waals surface area contributed by atoms with E-state index in [-0.39, 0.29) is 54.1 Å². The van der Waals surface area contributed by atoms with Crippen LogP contribution in [0, 0.1) is 42.4 Å². The van der Waals surface area contributed by atoms with Gasteiger partial charge >= 0.3 is 5.97 Å². The summed E-state index contributed by atoms with van der Waals surface area (Å²) in [6, 6.07) is 6.76. The molecule has 3 fully saturated rings. The van der Waals surface area contributed by atoms with Gasteiger partial charge < -0.3 is 44.5 Å². The molecule has 13 heteroatoms. The quantitative estimate of drug-likeness (QED) is 0.116. The van der Waals surface area contributed by atoms with Crippen molar-refractivity contribution in [2.75, 3.05) is 26.1 Å². The first-order chi connectivity index (χ1) is 33.3. The van der Waals surface area contributed by atoms with E-state index in [1.54, 1.807) is 21.0 Å². The Morgan fingerprint density at radius 1 is 0.843 bits per heavy atom. The zero-order valence-electron chi connectivity index (χ0n) is 43.8. The predicted octanol–water partition coefficient (Wildman–Crippen LogP) is 8.78. The van der Waals surface area contributed by atoms with Crippen LogP contribution in [-0.2, 0) is 38.1 Å². The van der Waals surface area contributed by atoms with Crippen LogP contribution in [0.1, 0.15) is 138 Å². The van der Waals surface area contributed by atoms with Gasteiger partial charge in [-0.05, 0) is 151 Å². The SMILES string of the molecule is CO[C@@H]1CC(C[C@@H](C)[C@@H]2CC[C@H](C)/C=C(\C)[C@@H](O)[C@@H](OC)C(=O)[C@H](C)C[C@H](C)/C=C/C=C/C=C(\C)C(Nc3cccc(C)c3)CC3CCC(C)[C@@](O)(O3)C(=O)C(=O)N3CCCCC3C(=O)O2)CC[C@H]1O. The van der Waals surface area contributed by atoms with Crippen molar-refractivity contribution in [3.63, 3.8) is 0 Å². The molecule has 15 atom stereocenters. The number of hydrogen-bond acceptors (Lipinski definition) is 12. The van der Waals surface area contributed by atoms with Gasteiger partial charge in [0.05, 0.1) is 18.3 Å². The second kappa shape index (κ2) is 26.6. The molecule has 3 aliphatic heterocycles. The van der Waals surface area contributed by atoms with E-state index >= 15 is 0 Å². The number of aryl methyl sites for hydroxylation is 1. The smallest absolute Gasteiger partial charge is 0.329 e. The zero-order chi connectivity index (χ0) is 51.3. The molecule has 1 aliphatic carbocycles. The number of rotatable bonds is 7. The van der Waals surface area contributed by atoms with Gasteiger partial charge in [-0.3, -0.25) is 14.4 Å². The van der Waals surface area contributed by atoms with Gasteiger partial charge in [0.1, 0.15) is 24.4 Å². The van der Waals surface area contributed by atoms with Crippen molar-refractivity contribution in [3.8, 4) is 0 Å². The maximum Gasteiger partial charge on any atom is 0.329 e. The summed E-state index contributed by atoms with van der Waals surface area (Å²) in [7, 11) is 3.06. The molecule has 0 spiro atoms. The Labute approximate surface area is 418 Å². The number of Topliss-reactive ketones (excluding diaryl/α,β-unsaturated/α-hetero) is 2. The number of carbonyl (C=O) groups is 4. The number of amides is 1. The van der Waals surface area contributed by atoms with E-state index in [1.165, 1.54) is 12.0 Å². The maximum absolute atomic E-state index is 14.5. The third-order valence-corrected chi connectivity index (χ3v) is 15.6. The highest BCUT2D eigenvalue weighted by atomic mass is 16.6. The van der Waals surface area contributed by atoms with Gasteiger partial charge in [0.2, 0.25) is 5.79 Å². The number of nitrogens with zero attached hydrogens (tertiary/aromatic N) is 1. The highest BCUT2D eigenvalue weighted by Crippen LogP contribution is 2.38. The average Bonchev–Trinajstić information content (AvgIpc) is 3.33. The van der Waals surface area contributed by atoms with Crippen molar-refractivity contribution < 1.29 is 53.4 Å². The lowest BCUT2D eigenvalue weighted by molar-refractivity contribution is -0.263. The number of methoxy groups -OCH3 is 2. The molecule has 13 nitrogen and oxygen atoms in total. The standard InChI is InChI=1S/C57H86N2O11/c1-35-17-12-11-13-19-38(4)46(58-44-20-16-18-36(2)31-44)34-45-25-23-42(8)57(66,70-45)54(63)55(64)59-28-15-14-21-47(59)56(65)69-49(39(5)32-43-24-26-48(60)50(33-43)67-9)27-22-37(3)30-41(7)52(62)53(68-10)51(61)40(6)29-35/h11-13,16-20,30-31,35,37,39-40,42-43,45-50,52-53,58,60,62,66H,14-15,21-29,32-34H2,1-10H3/b13-11+,17-12+,38-19+,41-30+/t35-,37+,39-,40-,42?,43?,45?,46?,47?,48-,49+,50-,52-,53+,57-/m1/s1. The first-order valence-electron chi connectivity index (χ1n) is 26.2. The summed E-state index contributed by atoms with van der Waals surface area (Å²) in [5.74, 6) is -6.13. The third-order valence-electron chi connectivity index (χ3n) is 15.6. The minimum atomic E-state index is -2.40. The van der Waals surface area contributed by atoms with Crippen LogP contribution < -0.4 is 5.32 Å². The highest BCUT2D eigenvalue weighted by Gasteiger charge is 2.53. The number of carbonyl (C=O) groups excluding carboxylic acids is 4. The fraction of sp³-hybridized carbons (Fsp3) is 0.684. The number of anilines is 1. The number of benzene rings is 1. The summed E-state index contributed by atoms with van der Waals surface area (Å²) in [5, 5.41) is 37.9. The summed E-state index contributed by atoms with van der Waals surface area (Å²) in [5.41, 5.74) is 3.59. The van der Waals surface area contributed by atoms with E-state index in [9.17, 15) is 34.5 Å². The molecule has 1 aromatic carbocycles. The van der Waals surface area contributed by atoms with E-state index in [2.05, 4.69) is 31.3 Å². The van der Waals surface area contributed by atoms with E-state index in [1.807, 2.05) is 76.3 Å². The first kappa shape index (κ1) is 56.9. The number of hydrogen-bond donors (Lipinski definition) is 4. The molecule has 70 heavy (non-hydrogen) atoms. The van der Waals surface area contributed by atoms with Crippen LogP contribution in [-0.4, -0.2) is 119 Å². The molecular weight excluding hydrogens is 889 g/mol. The van der Waals surface area contributed by atoms with Crippen molar-refractivity contribution >= 4 is 29.1 Å². The van der Waals surface area contributed by atoms with Crippen molar-refractivity contribution in [2.24, 2.45) is 35.5 Å². The van der Waals surface area contributed by atoms with Gasteiger partial charge in [-0.1, -0.05) is 88.8 Å². The van der Waals surface area contributed by atoms with Gasteiger partial charge in [0, 0.05) is 44.3 Å². The summed E-state index contributed by atoms with van der Waals surface area (Å²) in [6.07, 6.45) is 15.1. The third kappa shape index (κ3) is 15.3. The average molecular weight is 975 g/mol. The van der Waals surface area contributed by atoms with E-state index < -0.39 is 65.9 Å². The second-order valence-electron chi connectivity index (χ2n) is 21.5. The number of fused-ring (bicyclic) bond motifs is 3. The molecule has 3 heterocycles. The van der Waals surface area contributed by atoms with Crippen LogP contribution in [0.25, 0.3) is 0 Å². The lowest BCUT2D eigenvalue weighted by Crippen LogP contribution is -2.61. The minimum absolute atomic E-state index is 0.0576. The number of ether oxygens (including phenoxy) is 4. The van der Waals surface area contributed by atoms with Gasteiger partial charge in [0.25, 0.3) is 11.7 Å². The van der Waals surface area contributed by atoms with E-state index in [4.69, 9.17) is 18.9 Å². The van der Waals surface area contributed by atoms with E-state index in [0.29, 0.717) is 76.2 Å². The van der Waals surface area contributed by atoms with Crippen LogP contribution in [0.15, 0.2) is 71.9 Å². The highest BCUT2D eigenvalue weighted by molar-refractivity contribution is 6.39. The van der Waals surface area contributed by atoms with Crippen molar-refractivity contribution in [3.05, 3.63) is 77.4 Å². The van der Waals surface area contributed by atoms with Crippen molar-refractivity contribution in [1.29, 1.82) is 0 Å². The molecule has 4 aliphatic rings. The molecule has 2 bridgehead atoms. The summed E-state index contributed by atoms with van der Waals surface area (Å²) in [6.45, 7) is 15.7. The summed E-state index contributed by atoms with van der Waals surface area (Å²) < 4.78 is 24.1. The molecule has 5 rings (SSSR count). The number of aliphatic hydroxyl groups excluding tert-OH is 2. The number of aliphatic hydroxyl groups is 3. The molecule has 5 unspecified atom stereocenters. The van der Waals surface area contributed by atoms with Crippen LogP contribution in [0.3, 0.4) is 0 Å². The van der Waals surface area contributed by atoms with Crippen molar-refractivity contribution in [2.45, 2.75) is 193 Å². The largest absolute Gasteiger partial charge is 0.461 e. The lowest BCUT2D eigenvalue weighted by atomic mass is 9.78. The zero-order valence-corrected chi connectivity index (χ0v) is 43.8. The number of allylic oxidation sites excluding steroid dienone is 6. The Bertz CT molecular complexity index is 2030. The molecule has 0 radical (unpaired) electrons. The Morgan fingerprint density at radius 3 is 2.31 bits per heavy atom. The van der Waals surface area contributed by atoms with Crippen LogP contribution in [0.4, 0.5) is 5.69 Å². The normalized spacial score (nSPS) is 38.2. The molecule has 2 saturated heterocycles. The fourth-order valence-corrected chi connectivity index (χ4v) is 11.2. The van der Waals surface area contributed by atoms with Crippen molar-refractivity contribution in [1.82, 2.24) is 4.90 Å². The van der Waals surface area contributed by atoms with Gasteiger partial charge in [-0.25, -0.2) is 4.79 Å². The summed E-state index contributed by atoms with van der Waals surface area (Å²) >= 11 is 0. The van der Waals surface area contributed by atoms with E-state index in [0.717, 1.165) is 29.7 Å². The lowest BCUT2D eigenvalue weighted by Gasteiger charge is -2.43. The van der Waals surface area contributed by atoms with Crippen LogP contribution >= 0.6 is 0 Å².